The number of thiophene rings is 1. The lowest BCUT2D eigenvalue weighted by Gasteiger charge is -2.10. The zero-order valence-corrected chi connectivity index (χ0v) is 19.8. The molecule has 0 N–H and O–H groups in total. The highest BCUT2D eigenvalue weighted by Crippen LogP contribution is 2.37. The number of benzene rings is 2. The fourth-order valence-corrected chi connectivity index (χ4v) is 6.63. The van der Waals surface area contributed by atoms with E-state index in [-0.39, 0.29) is 5.56 Å². The van der Waals surface area contributed by atoms with Crippen molar-refractivity contribution in [1.82, 2.24) is 19.2 Å². The van der Waals surface area contributed by atoms with Gasteiger partial charge in [-0.15, -0.1) is 21.5 Å². The number of thioether (sulfide) groups is 1. The lowest BCUT2D eigenvalue weighted by atomic mass is 10.2. The molecule has 0 saturated heterocycles. The van der Waals surface area contributed by atoms with Gasteiger partial charge >= 0.3 is 0 Å². The molecular weight excluding hydrogens is 448 g/mol. The summed E-state index contributed by atoms with van der Waals surface area (Å²) in [4.78, 5) is 16.1. The molecule has 164 valence electrons. The van der Waals surface area contributed by atoms with Crippen molar-refractivity contribution in [2.24, 2.45) is 0 Å². The Balaban J connectivity index is 1.49. The monoisotopic (exact) mass is 470 g/mol. The Labute approximate surface area is 199 Å². The van der Waals surface area contributed by atoms with E-state index in [1.54, 1.807) is 27.7 Å². The minimum Gasteiger partial charge on any atom is -0.268 e. The smallest absolute Gasteiger partial charge is 0.268 e. The second kappa shape index (κ2) is 8.32. The predicted octanol–water partition coefficient (Wildman–Crippen LogP) is 5.70. The van der Waals surface area contributed by atoms with Crippen LogP contribution >= 0.6 is 23.1 Å². The van der Waals surface area contributed by atoms with Crippen LogP contribution in [-0.4, -0.2) is 24.9 Å². The van der Waals surface area contributed by atoms with Gasteiger partial charge in [-0.3, -0.25) is 4.79 Å². The third-order valence-corrected chi connectivity index (χ3v) is 8.21. The standard InChI is InChI=1S/C26H22N4OS2/c1-17-12-14-19(15-13-17)29-23(31)22-20-10-5-11-21(20)33-24(22)30-25(29)27-28-26(30)32-16-6-9-18-7-3-2-4-8-18/h2-4,6-9,12-15H,5,10-11,16H2,1H3/b9-6+. The summed E-state index contributed by atoms with van der Waals surface area (Å²) in [7, 11) is 0. The van der Waals surface area contributed by atoms with Crippen molar-refractivity contribution >= 4 is 45.2 Å². The largest absolute Gasteiger partial charge is 0.268 e. The molecule has 3 aromatic heterocycles. The first-order chi connectivity index (χ1) is 16.2. The summed E-state index contributed by atoms with van der Waals surface area (Å²) < 4.78 is 3.81. The van der Waals surface area contributed by atoms with Gasteiger partial charge in [0.25, 0.3) is 5.56 Å². The van der Waals surface area contributed by atoms with Gasteiger partial charge in [-0.2, -0.15) is 0 Å². The molecule has 0 saturated carbocycles. The van der Waals surface area contributed by atoms with Crippen molar-refractivity contribution in [3.05, 3.63) is 92.6 Å². The predicted molar refractivity (Wildman–Crippen MR) is 137 cm³/mol. The Morgan fingerprint density at radius 3 is 2.70 bits per heavy atom. The normalized spacial score (nSPS) is 13.5. The number of aromatic nitrogens is 4. The van der Waals surface area contributed by atoms with Gasteiger partial charge in [0.1, 0.15) is 4.83 Å². The number of fused-ring (bicyclic) bond motifs is 5. The topological polar surface area (TPSA) is 52.2 Å². The molecule has 5 aromatic rings. The Morgan fingerprint density at radius 2 is 1.88 bits per heavy atom. The molecule has 0 unspecified atom stereocenters. The van der Waals surface area contributed by atoms with Gasteiger partial charge in [0.05, 0.1) is 11.1 Å². The summed E-state index contributed by atoms with van der Waals surface area (Å²) in [6.07, 6.45) is 7.39. The van der Waals surface area contributed by atoms with Gasteiger partial charge in [-0.25, -0.2) is 8.97 Å². The number of nitrogens with zero attached hydrogens (tertiary/aromatic N) is 4. The molecule has 1 aliphatic rings. The maximum atomic E-state index is 13.7. The molecule has 0 spiro atoms. The summed E-state index contributed by atoms with van der Waals surface area (Å²) in [5, 5.41) is 10.6. The summed E-state index contributed by atoms with van der Waals surface area (Å²) in [5.74, 6) is 1.34. The summed E-state index contributed by atoms with van der Waals surface area (Å²) in [6, 6.07) is 18.3. The van der Waals surface area contributed by atoms with Crippen LogP contribution in [0, 0.1) is 6.92 Å². The third kappa shape index (κ3) is 3.52. The van der Waals surface area contributed by atoms with Gasteiger partial charge in [0.2, 0.25) is 5.78 Å². The van der Waals surface area contributed by atoms with E-state index in [0.29, 0.717) is 5.78 Å². The molecule has 5 nitrogen and oxygen atoms in total. The fourth-order valence-electron chi connectivity index (χ4n) is 4.45. The third-order valence-electron chi connectivity index (χ3n) is 6.05. The van der Waals surface area contributed by atoms with E-state index in [9.17, 15) is 4.79 Å². The molecular formula is C26H22N4OS2. The quantitative estimate of drug-likeness (QED) is 0.309. The highest BCUT2D eigenvalue weighted by atomic mass is 32.2. The van der Waals surface area contributed by atoms with Crippen molar-refractivity contribution in [3.63, 3.8) is 0 Å². The van der Waals surface area contributed by atoms with E-state index in [4.69, 9.17) is 0 Å². The second-order valence-corrected chi connectivity index (χ2v) is 10.3. The number of hydrogen-bond acceptors (Lipinski definition) is 5. The van der Waals surface area contributed by atoms with Gasteiger partial charge in [0, 0.05) is 10.6 Å². The van der Waals surface area contributed by atoms with Crippen molar-refractivity contribution in [1.29, 1.82) is 0 Å². The van der Waals surface area contributed by atoms with E-state index in [1.165, 1.54) is 16.0 Å². The van der Waals surface area contributed by atoms with E-state index in [2.05, 4.69) is 38.9 Å². The number of rotatable bonds is 5. The van der Waals surface area contributed by atoms with Crippen molar-refractivity contribution in [2.45, 2.75) is 31.3 Å². The zero-order chi connectivity index (χ0) is 22.4. The molecule has 1 aliphatic carbocycles. The van der Waals surface area contributed by atoms with Crippen molar-refractivity contribution < 1.29 is 0 Å². The lowest BCUT2D eigenvalue weighted by Crippen LogP contribution is -2.21. The van der Waals surface area contributed by atoms with Crippen LogP contribution in [0.15, 0.2) is 70.6 Å². The van der Waals surface area contributed by atoms with Gasteiger partial charge in [-0.05, 0) is 49.4 Å². The van der Waals surface area contributed by atoms with Crippen LogP contribution in [0.25, 0.3) is 27.8 Å². The van der Waals surface area contributed by atoms with Crippen LogP contribution in [0.3, 0.4) is 0 Å². The first-order valence-electron chi connectivity index (χ1n) is 11.1. The van der Waals surface area contributed by atoms with E-state index in [0.717, 1.165) is 51.6 Å². The maximum absolute atomic E-state index is 13.7. The molecule has 3 heterocycles. The van der Waals surface area contributed by atoms with Crippen LogP contribution in [0.5, 0.6) is 0 Å². The molecule has 0 fully saturated rings. The summed E-state index contributed by atoms with van der Waals surface area (Å²) in [6.45, 7) is 2.05. The molecule has 33 heavy (non-hydrogen) atoms. The Hall–Kier alpha value is -3.16. The molecule has 6 rings (SSSR count). The van der Waals surface area contributed by atoms with Crippen LogP contribution in [0.1, 0.15) is 28.0 Å². The lowest BCUT2D eigenvalue weighted by molar-refractivity contribution is 0.910. The van der Waals surface area contributed by atoms with Crippen molar-refractivity contribution in [3.8, 4) is 5.69 Å². The van der Waals surface area contributed by atoms with Crippen LogP contribution in [0.4, 0.5) is 0 Å². The molecule has 0 bridgehead atoms. The summed E-state index contributed by atoms with van der Waals surface area (Å²) in [5.41, 5.74) is 4.38. The van der Waals surface area contributed by atoms with E-state index >= 15 is 0 Å². The SMILES string of the molecule is Cc1ccc(-n2c(=O)c3c4c(sc3n3c(SC/C=C/c5ccccc5)nnc23)CCC4)cc1. The first kappa shape index (κ1) is 20.4. The van der Waals surface area contributed by atoms with Crippen LogP contribution in [-0.2, 0) is 12.8 Å². The van der Waals surface area contributed by atoms with Crippen LogP contribution < -0.4 is 5.56 Å². The van der Waals surface area contributed by atoms with Gasteiger partial charge < -0.3 is 0 Å². The zero-order valence-electron chi connectivity index (χ0n) is 18.2. The second-order valence-electron chi connectivity index (χ2n) is 8.26. The average Bonchev–Trinajstić information content (AvgIpc) is 3.53. The molecule has 2 aromatic carbocycles. The van der Waals surface area contributed by atoms with Gasteiger partial charge in [-0.1, -0.05) is 71.9 Å². The molecule has 7 heteroatoms. The van der Waals surface area contributed by atoms with E-state index in [1.807, 2.05) is 49.4 Å². The van der Waals surface area contributed by atoms with Crippen LogP contribution in [0.2, 0.25) is 0 Å². The molecule has 0 atom stereocenters. The number of aryl methyl sites for hydroxylation is 3. The molecule has 0 aliphatic heterocycles. The van der Waals surface area contributed by atoms with Gasteiger partial charge in [0.15, 0.2) is 5.16 Å². The van der Waals surface area contributed by atoms with E-state index < -0.39 is 0 Å². The summed E-state index contributed by atoms with van der Waals surface area (Å²) >= 11 is 3.37. The average molecular weight is 471 g/mol. The van der Waals surface area contributed by atoms with Crippen molar-refractivity contribution in [2.75, 3.05) is 5.75 Å². The molecule has 0 amide bonds. The highest BCUT2D eigenvalue weighted by molar-refractivity contribution is 7.99. The Morgan fingerprint density at radius 1 is 1.06 bits per heavy atom. The fraction of sp³-hybridized carbons (Fsp3) is 0.192. The first-order valence-corrected chi connectivity index (χ1v) is 12.9. The molecule has 0 radical (unpaired) electrons. The minimum absolute atomic E-state index is 0.00803. The Bertz CT molecular complexity index is 1560. The minimum atomic E-state index is 0.00803. The number of hydrogen-bond donors (Lipinski definition) is 0. The Kier molecular flexibility index (Phi) is 5.15. The maximum Gasteiger partial charge on any atom is 0.268 e. The highest BCUT2D eigenvalue weighted by Gasteiger charge is 2.26.